The van der Waals surface area contributed by atoms with Crippen LogP contribution in [-0.4, -0.2) is 12.9 Å². The summed E-state index contributed by atoms with van der Waals surface area (Å²) in [7, 11) is 0. The molecule has 0 amide bonds. The summed E-state index contributed by atoms with van der Waals surface area (Å²) in [5, 5.41) is 0. The van der Waals surface area contributed by atoms with Gasteiger partial charge >= 0.3 is 0 Å². The maximum Gasteiger partial charge on any atom is 0.158 e. The zero-order valence-electron chi connectivity index (χ0n) is 15.9. The van der Waals surface area contributed by atoms with E-state index in [1.165, 1.54) is 0 Å². The molecule has 0 bridgehead atoms. The van der Waals surface area contributed by atoms with Gasteiger partial charge in [0.1, 0.15) is 0 Å². The second kappa shape index (κ2) is 8.46. The molecule has 0 radical (unpaired) electrons. The largest absolute Gasteiger partial charge is 0.399 e. The molecule has 0 aromatic heterocycles. The maximum atomic E-state index is 6.03. The van der Waals surface area contributed by atoms with Crippen molar-refractivity contribution in [2.45, 2.75) is 32.2 Å². The fraction of sp³-hybridized carbons (Fsp3) is 0.250. The highest BCUT2D eigenvalue weighted by Crippen LogP contribution is 2.30. The zero-order chi connectivity index (χ0) is 19.3. The second-order valence-electron chi connectivity index (χ2n) is 7.28. The molecule has 1 saturated heterocycles. The van der Waals surface area contributed by atoms with Gasteiger partial charge in [-0.15, -0.1) is 0 Å². The van der Waals surface area contributed by atoms with Crippen molar-refractivity contribution in [1.29, 1.82) is 0 Å². The Balaban J connectivity index is 1.68. The smallest absolute Gasteiger partial charge is 0.158 e. The highest BCUT2D eigenvalue weighted by Gasteiger charge is 2.15. The topological polar surface area (TPSA) is 70.5 Å². The highest BCUT2D eigenvalue weighted by atomic mass is 16.7. The number of hydrogen-bond donors (Lipinski definition) is 2. The van der Waals surface area contributed by atoms with E-state index in [1.807, 2.05) is 36.4 Å². The number of nitrogen functional groups attached to an aromatic ring is 2. The lowest BCUT2D eigenvalue weighted by Crippen LogP contribution is -2.22. The summed E-state index contributed by atoms with van der Waals surface area (Å²) in [5.74, 6) is 0. The summed E-state index contributed by atoms with van der Waals surface area (Å²) in [4.78, 5) is 0. The van der Waals surface area contributed by atoms with Crippen LogP contribution in [0.25, 0.3) is 22.3 Å². The van der Waals surface area contributed by atoms with Crippen LogP contribution in [0.4, 0.5) is 11.4 Å². The Bertz CT molecular complexity index is 885. The van der Waals surface area contributed by atoms with Gasteiger partial charge in [0.05, 0.1) is 6.61 Å². The van der Waals surface area contributed by atoms with E-state index in [0.29, 0.717) is 6.61 Å². The first kappa shape index (κ1) is 18.5. The summed E-state index contributed by atoms with van der Waals surface area (Å²) in [6, 6.07) is 22.4. The average molecular weight is 374 g/mol. The molecular weight excluding hydrogens is 348 g/mol. The quantitative estimate of drug-likeness (QED) is 0.600. The molecule has 1 aliphatic heterocycles. The van der Waals surface area contributed by atoms with Crippen LogP contribution < -0.4 is 11.5 Å². The Morgan fingerprint density at radius 1 is 0.786 bits per heavy atom. The van der Waals surface area contributed by atoms with E-state index in [0.717, 1.165) is 65.1 Å². The van der Waals surface area contributed by atoms with Crippen molar-refractivity contribution < 1.29 is 9.47 Å². The monoisotopic (exact) mass is 374 g/mol. The molecular formula is C24H26N2O2. The summed E-state index contributed by atoms with van der Waals surface area (Å²) < 4.78 is 11.7. The van der Waals surface area contributed by atoms with Crippen molar-refractivity contribution in [2.75, 3.05) is 18.1 Å². The second-order valence-corrected chi connectivity index (χ2v) is 7.28. The van der Waals surface area contributed by atoms with Crippen LogP contribution in [0.1, 0.15) is 24.8 Å². The minimum absolute atomic E-state index is 0.111. The molecule has 0 spiro atoms. The number of benzene rings is 3. The zero-order valence-corrected chi connectivity index (χ0v) is 15.9. The lowest BCUT2D eigenvalue weighted by atomic mass is 9.96. The number of anilines is 2. The van der Waals surface area contributed by atoms with E-state index in [1.54, 1.807) is 0 Å². The standard InChI is InChI=1S/C24H26N2O2/c25-22-7-3-5-18(14-22)20-11-17(16-28-24-9-1-2-10-27-24)12-21(13-20)19-6-4-8-23(26)15-19/h3-8,11-15,24H,1-2,9-10,16,25-26H2. The van der Waals surface area contributed by atoms with Crippen molar-refractivity contribution in [3.63, 3.8) is 0 Å². The molecule has 1 aliphatic rings. The minimum Gasteiger partial charge on any atom is -0.399 e. The summed E-state index contributed by atoms with van der Waals surface area (Å²) >= 11 is 0. The van der Waals surface area contributed by atoms with E-state index in [4.69, 9.17) is 20.9 Å². The van der Waals surface area contributed by atoms with Gasteiger partial charge in [-0.3, -0.25) is 0 Å². The van der Waals surface area contributed by atoms with Crippen LogP contribution in [0, 0.1) is 0 Å². The lowest BCUT2D eigenvalue weighted by molar-refractivity contribution is -0.168. The fourth-order valence-corrected chi connectivity index (χ4v) is 3.58. The van der Waals surface area contributed by atoms with Crippen LogP contribution in [0.15, 0.2) is 66.7 Å². The Labute approximate surface area is 166 Å². The van der Waals surface area contributed by atoms with Gasteiger partial charge in [-0.1, -0.05) is 24.3 Å². The maximum absolute atomic E-state index is 6.03. The Morgan fingerprint density at radius 3 is 1.96 bits per heavy atom. The third-order valence-electron chi connectivity index (χ3n) is 5.01. The predicted octanol–water partition coefficient (Wildman–Crippen LogP) is 5.23. The predicted molar refractivity (Wildman–Crippen MR) is 115 cm³/mol. The van der Waals surface area contributed by atoms with Crippen LogP contribution >= 0.6 is 0 Å². The number of ether oxygens (including phenoxy) is 2. The van der Waals surface area contributed by atoms with Crippen molar-refractivity contribution >= 4 is 11.4 Å². The van der Waals surface area contributed by atoms with Crippen molar-refractivity contribution in [3.05, 3.63) is 72.3 Å². The van der Waals surface area contributed by atoms with Gasteiger partial charge in [0.25, 0.3) is 0 Å². The van der Waals surface area contributed by atoms with E-state index in [2.05, 4.69) is 30.3 Å². The summed E-state index contributed by atoms with van der Waals surface area (Å²) in [5.41, 5.74) is 19.0. The van der Waals surface area contributed by atoms with Crippen molar-refractivity contribution in [1.82, 2.24) is 0 Å². The third-order valence-corrected chi connectivity index (χ3v) is 5.01. The molecule has 4 heteroatoms. The van der Waals surface area contributed by atoms with Crippen LogP contribution in [0.3, 0.4) is 0 Å². The molecule has 1 heterocycles. The molecule has 28 heavy (non-hydrogen) atoms. The Morgan fingerprint density at radius 2 is 1.43 bits per heavy atom. The fourth-order valence-electron chi connectivity index (χ4n) is 3.58. The van der Waals surface area contributed by atoms with Gasteiger partial charge < -0.3 is 20.9 Å². The van der Waals surface area contributed by atoms with Crippen LogP contribution in [0.5, 0.6) is 0 Å². The molecule has 144 valence electrons. The highest BCUT2D eigenvalue weighted by molar-refractivity contribution is 5.76. The third kappa shape index (κ3) is 4.53. The van der Waals surface area contributed by atoms with Gasteiger partial charge in [0, 0.05) is 18.0 Å². The average Bonchev–Trinajstić information content (AvgIpc) is 2.73. The molecule has 1 atom stereocenters. The minimum atomic E-state index is -0.111. The van der Waals surface area contributed by atoms with E-state index in [9.17, 15) is 0 Å². The molecule has 4 N–H and O–H groups in total. The Kier molecular flexibility index (Phi) is 5.60. The number of hydrogen-bond acceptors (Lipinski definition) is 4. The van der Waals surface area contributed by atoms with Crippen molar-refractivity contribution in [2.24, 2.45) is 0 Å². The lowest BCUT2D eigenvalue weighted by Gasteiger charge is -2.23. The van der Waals surface area contributed by atoms with Gasteiger partial charge in [-0.05, 0) is 89.5 Å². The van der Waals surface area contributed by atoms with E-state index < -0.39 is 0 Å². The molecule has 3 aromatic carbocycles. The molecule has 3 aromatic rings. The first-order valence-corrected chi connectivity index (χ1v) is 9.76. The number of nitrogens with two attached hydrogens (primary N) is 2. The SMILES string of the molecule is Nc1cccc(-c2cc(COC3CCCCO3)cc(-c3cccc(N)c3)c2)c1. The first-order valence-electron chi connectivity index (χ1n) is 9.76. The van der Waals surface area contributed by atoms with Crippen LogP contribution in [0.2, 0.25) is 0 Å². The Hall–Kier alpha value is -2.82. The molecule has 4 rings (SSSR count). The molecule has 0 saturated carbocycles. The normalized spacial score (nSPS) is 16.8. The van der Waals surface area contributed by atoms with Gasteiger partial charge in [0.2, 0.25) is 0 Å². The first-order chi connectivity index (χ1) is 13.7. The molecule has 0 aliphatic carbocycles. The van der Waals surface area contributed by atoms with E-state index >= 15 is 0 Å². The van der Waals surface area contributed by atoms with Gasteiger partial charge in [-0.25, -0.2) is 0 Å². The van der Waals surface area contributed by atoms with E-state index in [-0.39, 0.29) is 6.29 Å². The van der Waals surface area contributed by atoms with Gasteiger partial charge in [-0.2, -0.15) is 0 Å². The summed E-state index contributed by atoms with van der Waals surface area (Å²) in [6.45, 7) is 1.29. The van der Waals surface area contributed by atoms with Crippen LogP contribution in [-0.2, 0) is 16.1 Å². The van der Waals surface area contributed by atoms with Gasteiger partial charge in [0.15, 0.2) is 6.29 Å². The molecule has 1 fully saturated rings. The summed E-state index contributed by atoms with van der Waals surface area (Å²) in [6.07, 6.45) is 3.12. The molecule has 1 unspecified atom stereocenters. The van der Waals surface area contributed by atoms with Crippen molar-refractivity contribution in [3.8, 4) is 22.3 Å². The molecule has 4 nitrogen and oxygen atoms in total. The number of rotatable bonds is 5.